The van der Waals surface area contributed by atoms with Gasteiger partial charge in [0.1, 0.15) is 6.54 Å². The van der Waals surface area contributed by atoms with Crippen LogP contribution in [0.1, 0.15) is 6.92 Å². The van der Waals surface area contributed by atoms with E-state index in [4.69, 9.17) is 0 Å². The van der Waals surface area contributed by atoms with Gasteiger partial charge in [-0.05, 0) is 22.9 Å². The van der Waals surface area contributed by atoms with Crippen LogP contribution < -0.4 is 5.32 Å². The number of carbonyl (C=O) groups excluding carboxylic acids is 1. The molecule has 0 aliphatic heterocycles. The van der Waals surface area contributed by atoms with E-state index in [9.17, 15) is 14.9 Å². The third-order valence-corrected chi connectivity index (χ3v) is 2.17. The van der Waals surface area contributed by atoms with Crippen LogP contribution in [-0.2, 0) is 9.53 Å². The van der Waals surface area contributed by atoms with Crippen molar-refractivity contribution in [2.45, 2.75) is 6.92 Å². The molecule has 0 fully saturated rings. The predicted octanol–water partition coefficient (Wildman–Crippen LogP) is 1.73. The van der Waals surface area contributed by atoms with Gasteiger partial charge in [-0.15, -0.1) is 0 Å². The summed E-state index contributed by atoms with van der Waals surface area (Å²) < 4.78 is 5.17. The van der Waals surface area contributed by atoms with E-state index in [1.165, 1.54) is 12.3 Å². The molecular weight excluding hydrogens is 294 g/mol. The molecule has 0 saturated carbocycles. The number of nitrogens with zero attached hydrogens (tertiary/aromatic N) is 2. The van der Waals surface area contributed by atoms with Crippen molar-refractivity contribution < 1.29 is 14.5 Å². The minimum Gasteiger partial charge on any atom is -0.465 e. The summed E-state index contributed by atoms with van der Waals surface area (Å²) in [5.74, 6) is -0.460. The fourth-order valence-corrected chi connectivity index (χ4v) is 1.39. The van der Waals surface area contributed by atoms with Gasteiger partial charge in [0.05, 0.1) is 11.5 Å². The lowest BCUT2D eigenvalue weighted by molar-refractivity contribution is -0.384. The molecule has 0 aliphatic carbocycles. The summed E-state index contributed by atoms with van der Waals surface area (Å²) in [4.78, 5) is 25.1. The van der Waals surface area contributed by atoms with Crippen molar-refractivity contribution in [1.82, 2.24) is 4.98 Å². The Hall–Kier alpha value is -1.70. The number of anilines is 1. The van der Waals surface area contributed by atoms with Gasteiger partial charge in [-0.3, -0.25) is 14.9 Å². The van der Waals surface area contributed by atoms with E-state index in [0.717, 1.165) is 0 Å². The number of halogens is 1. The maximum Gasteiger partial charge on any atom is 0.325 e. The molecule has 7 nitrogen and oxygen atoms in total. The smallest absolute Gasteiger partial charge is 0.325 e. The first-order valence-corrected chi connectivity index (χ1v) is 5.53. The minimum atomic E-state index is -0.578. The summed E-state index contributed by atoms with van der Waals surface area (Å²) in [6.07, 6.45) is 1.40. The Bertz CT molecular complexity index is 438. The van der Waals surface area contributed by atoms with Crippen molar-refractivity contribution in [1.29, 1.82) is 0 Å². The van der Waals surface area contributed by atoms with Crippen molar-refractivity contribution in [3.63, 3.8) is 0 Å². The van der Waals surface area contributed by atoms with Crippen molar-refractivity contribution >= 4 is 33.4 Å². The lowest BCUT2D eigenvalue weighted by Gasteiger charge is -2.05. The lowest BCUT2D eigenvalue weighted by atomic mass is 10.4. The second kappa shape index (κ2) is 6.14. The molecule has 8 heteroatoms. The maximum atomic E-state index is 11.1. The summed E-state index contributed by atoms with van der Waals surface area (Å²) in [5.41, 5.74) is -0.205. The van der Waals surface area contributed by atoms with Crippen LogP contribution in [0.5, 0.6) is 0 Å². The molecule has 1 N–H and O–H groups in total. The topological polar surface area (TPSA) is 94.4 Å². The largest absolute Gasteiger partial charge is 0.465 e. The number of pyridine rings is 1. The normalized spacial score (nSPS) is 9.76. The third kappa shape index (κ3) is 3.99. The van der Waals surface area contributed by atoms with Crippen molar-refractivity contribution in [2.75, 3.05) is 18.5 Å². The number of ether oxygens (including phenoxy) is 1. The highest BCUT2D eigenvalue weighted by Gasteiger charge is 2.16. The molecule has 0 aliphatic rings. The summed E-state index contributed by atoms with van der Waals surface area (Å²) in [7, 11) is 0. The molecule has 0 radical (unpaired) electrons. The van der Waals surface area contributed by atoms with Gasteiger partial charge in [0.25, 0.3) is 0 Å². The fourth-order valence-electron chi connectivity index (χ4n) is 1.07. The van der Waals surface area contributed by atoms with E-state index in [2.05, 4.69) is 31.0 Å². The van der Waals surface area contributed by atoms with Crippen molar-refractivity contribution in [3.05, 3.63) is 26.9 Å². The first kappa shape index (κ1) is 13.4. The zero-order valence-corrected chi connectivity index (χ0v) is 10.6. The Balaban J connectivity index is 2.77. The van der Waals surface area contributed by atoms with Crippen LogP contribution >= 0.6 is 15.9 Å². The van der Waals surface area contributed by atoms with Gasteiger partial charge >= 0.3 is 11.7 Å². The SMILES string of the molecule is CCOC(=O)CNc1ncc(Br)cc1[N+](=O)[O-]. The lowest BCUT2D eigenvalue weighted by Crippen LogP contribution is -2.18. The molecule has 17 heavy (non-hydrogen) atoms. The molecule has 0 amide bonds. The highest BCUT2D eigenvalue weighted by molar-refractivity contribution is 9.10. The van der Waals surface area contributed by atoms with Crippen LogP contribution in [0.15, 0.2) is 16.7 Å². The van der Waals surface area contributed by atoms with E-state index in [0.29, 0.717) is 4.47 Å². The Morgan fingerprint density at radius 3 is 3.00 bits per heavy atom. The third-order valence-electron chi connectivity index (χ3n) is 1.74. The number of hydrogen-bond acceptors (Lipinski definition) is 6. The molecular formula is C9H10BrN3O4. The second-order valence-electron chi connectivity index (χ2n) is 2.94. The average molecular weight is 304 g/mol. The standard InChI is InChI=1S/C9H10BrN3O4/c1-2-17-8(14)5-12-9-7(13(15)16)3-6(10)4-11-9/h3-4H,2,5H2,1H3,(H,11,12). The quantitative estimate of drug-likeness (QED) is 0.506. The van der Waals surface area contributed by atoms with E-state index >= 15 is 0 Å². The summed E-state index contributed by atoms with van der Waals surface area (Å²) in [6, 6.07) is 1.31. The van der Waals surface area contributed by atoms with Crippen LogP contribution in [0, 0.1) is 10.1 Å². The molecule has 0 saturated heterocycles. The minimum absolute atomic E-state index is 0.0336. The van der Waals surface area contributed by atoms with Crippen LogP contribution in [0.3, 0.4) is 0 Å². The molecule has 0 bridgehead atoms. The number of nitrogens with one attached hydrogen (secondary N) is 1. The number of rotatable bonds is 5. The summed E-state index contributed by atoms with van der Waals surface area (Å²) in [5, 5.41) is 13.3. The molecule has 1 aromatic heterocycles. The van der Waals surface area contributed by atoms with Gasteiger partial charge in [-0.1, -0.05) is 0 Å². The molecule has 1 aromatic rings. The molecule has 1 heterocycles. The first-order valence-electron chi connectivity index (χ1n) is 4.74. The maximum absolute atomic E-state index is 11.1. The molecule has 0 spiro atoms. The van der Waals surface area contributed by atoms with Gasteiger partial charge < -0.3 is 10.1 Å². The molecule has 0 atom stereocenters. The zero-order chi connectivity index (χ0) is 12.8. The van der Waals surface area contributed by atoms with E-state index in [1.807, 2.05) is 0 Å². The highest BCUT2D eigenvalue weighted by Crippen LogP contribution is 2.24. The number of carbonyl (C=O) groups is 1. The van der Waals surface area contributed by atoms with Crippen LogP contribution in [-0.4, -0.2) is 29.0 Å². The Labute approximate surface area is 105 Å². The van der Waals surface area contributed by atoms with Crippen molar-refractivity contribution in [3.8, 4) is 0 Å². The van der Waals surface area contributed by atoms with Crippen LogP contribution in [0.2, 0.25) is 0 Å². The Morgan fingerprint density at radius 1 is 1.71 bits per heavy atom. The molecule has 92 valence electrons. The van der Waals surface area contributed by atoms with E-state index in [1.54, 1.807) is 6.92 Å². The number of hydrogen-bond donors (Lipinski definition) is 1. The second-order valence-corrected chi connectivity index (χ2v) is 3.85. The zero-order valence-electron chi connectivity index (χ0n) is 8.97. The first-order chi connectivity index (χ1) is 8.04. The number of aromatic nitrogens is 1. The van der Waals surface area contributed by atoms with E-state index in [-0.39, 0.29) is 24.7 Å². The van der Waals surface area contributed by atoms with E-state index < -0.39 is 10.9 Å². The fraction of sp³-hybridized carbons (Fsp3) is 0.333. The van der Waals surface area contributed by atoms with Gasteiger partial charge in [-0.2, -0.15) is 0 Å². The van der Waals surface area contributed by atoms with Crippen molar-refractivity contribution in [2.24, 2.45) is 0 Å². The number of esters is 1. The van der Waals surface area contributed by atoms with Crippen LogP contribution in [0.4, 0.5) is 11.5 Å². The summed E-state index contributed by atoms with van der Waals surface area (Å²) in [6.45, 7) is 1.78. The van der Waals surface area contributed by atoms with Gasteiger partial charge in [0.15, 0.2) is 0 Å². The highest BCUT2D eigenvalue weighted by atomic mass is 79.9. The summed E-state index contributed by atoms with van der Waals surface area (Å²) >= 11 is 3.08. The monoisotopic (exact) mass is 303 g/mol. The van der Waals surface area contributed by atoms with Crippen LogP contribution in [0.25, 0.3) is 0 Å². The number of nitro groups is 1. The Morgan fingerprint density at radius 2 is 2.41 bits per heavy atom. The Kier molecular flexibility index (Phi) is 4.83. The van der Waals surface area contributed by atoms with Gasteiger partial charge in [-0.25, -0.2) is 4.98 Å². The van der Waals surface area contributed by atoms with Gasteiger partial charge in [0, 0.05) is 16.7 Å². The van der Waals surface area contributed by atoms with Gasteiger partial charge in [0.2, 0.25) is 5.82 Å². The molecule has 0 aromatic carbocycles. The molecule has 0 unspecified atom stereocenters. The molecule has 1 rings (SSSR count). The predicted molar refractivity (Wildman–Crippen MR) is 63.7 cm³/mol. The average Bonchev–Trinajstić information content (AvgIpc) is 2.27.